The van der Waals surface area contributed by atoms with Crippen LogP contribution in [0.25, 0.3) is 0 Å². The molecule has 1 aliphatic rings. The minimum absolute atomic E-state index is 0.113. The van der Waals surface area contributed by atoms with Crippen LogP contribution in [0.1, 0.15) is 17.9 Å². The highest BCUT2D eigenvalue weighted by molar-refractivity contribution is 5.97. The monoisotopic (exact) mass is 288 g/mol. The average molecular weight is 288 g/mol. The predicted molar refractivity (Wildman–Crippen MR) is 76.7 cm³/mol. The van der Waals surface area contributed by atoms with Crippen molar-refractivity contribution in [2.75, 3.05) is 11.1 Å². The maximum Gasteiger partial charge on any atom is 0.228 e. The molecule has 2 atom stereocenters. The van der Waals surface area contributed by atoms with Crippen LogP contribution in [0.4, 0.5) is 20.2 Å². The summed E-state index contributed by atoms with van der Waals surface area (Å²) in [5, 5.41) is 2.46. The lowest BCUT2D eigenvalue weighted by Gasteiger charge is -2.09. The Hall–Kier alpha value is -2.43. The first-order chi connectivity index (χ1) is 10.1. The molecule has 3 nitrogen and oxygen atoms in total. The number of nitrogens with two attached hydrogens (primary N) is 1. The van der Waals surface area contributed by atoms with Crippen LogP contribution in [0.5, 0.6) is 0 Å². The molecular weight excluding hydrogens is 274 g/mol. The van der Waals surface area contributed by atoms with E-state index in [0.29, 0.717) is 6.07 Å². The van der Waals surface area contributed by atoms with E-state index in [4.69, 9.17) is 5.73 Å². The van der Waals surface area contributed by atoms with Crippen LogP contribution in [0.2, 0.25) is 0 Å². The average Bonchev–Trinajstić information content (AvgIpc) is 3.24. The van der Waals surface area contributed by atoms with E-state index < -0.39 is 11.6 Å². The van der Waals surface area contributed by atoms with Gasteiger partial charge < -0.3 is 11.1 Å². The molecule has 1 fully saturated rings. The van der Waals surface area contributed by atoms with Crippen molar-refractivity contribution in [3.63, 3.8) is 0 Å². The maximum absolute atomic E-state index is 13.6. The molecule has 1 amide bonds. The second kappa shape index (κ2) is 5.16. The van der Waals surface area contributed by atoms with Crippen molar-refractivity contribution in [1.82, 2.24) is 0 Å². The summed E-state index contributed by atoms with van der Waals surface area (Å²) >= 11 is 0. The molecule has 0 spiro atoms. The van der Waals surface area contributed by atoms with E-state index in [9.17, 15) is 13.6 Å². The third kappa shape index (κ3) is 2.72. The van der Waals surface area contributed by atoms with Crippen molar-refractivity contribution in [1.29, 1.82) is 0 Å². The van der Waals surface area contributed by atoms with Crippen LogP contribution in [0.15, 0.2) is 42.5 Å². The third-order valence-corrected chi connectivity index (χ3v) is 3.69. The number of benzene rings is 2. The summed E-state index contributed by atoms with van der Waals surface area (Å²) < 4.78 is 26.6. The summed E-state index contributed by atoms with van der Waals surface area (Å²) in [5.74, 6) is -1.97. The Bertz CT molecular complexity index is 665. The molecule has 5 heteroatoms. The van der Waals surface area contributed by atoms with Crippen molar-refractivity contribution < 1.29 is 13.6 Å². The fourth-order valence-corrected chi connectivity index (χ4v) is 2.49. The van der Waals surface area contributed by atoms with E-state index in [-0.39, 0.29) is 29.1 Å². The molecule has 0 aliphatic heterocycles. The zero-order chi connectivity index (χ0) is 15.0. The van der Waals surface area contributed by atoms with Crippen molar-refractivity contribution in [2.45, 2.75) is 12.3 Å². The summed E-state index contributed by atoms with van der Waals surface area (Å²) in [6.45, 7) is 0. The number of carbonyl (C=O) groups is 1. The predicted octanol–water partition coefficient (Wildman–Crippen LogP) is 3.29. The number of amides is 1. The first-order valence-electron chi connectivity index (χ1n) is 6.66. The first kappa shape index (κ1) is 13.5. The van der Waals surface area contributed by atoms with Crippen molar-refractivity contribution in [3.05, 3.63) is 59.7 Å². The highest BCUT2D eigenvalue weighted by Gasteiger charge is 2.44. The van der Waals surface area contributed by atoms with Gasteiger partial charge in [-0.05, 0) is 24.0 Å². The van der Waals surface area contributed by atoms with Gasteiger partial charge in [-0.15, -0.1) is 0 Å². The van der Waals surface area contributed by atoms with Crippen molar-refractivity contribution in [2.24, 2.45) is 5.92 Å². The number of anilines is 2. The molecule has 1 saturated carbocycles. The number of nitrogen functional groups attached to an aromatic ring is 1. The molecule has 2 unspecified atom stereocenters. The Kier molecular flexibility index (Phi) is 3.33. The molecule has 0 heterocycles. The zero-order valence-corrected chi connectivity index (χ0v) is 11.1. The molecular formula is C16H14F2N2O. The third-order valence-electron chi connectivity index (χ3n) is 3.69. The second-order valence-electron chi connectivity index (χ2n) is 5.20. The fourth-order valence-electron chi connectivity index (χ4n) is 2.49. The number of halogens is 2. The molecule has 0 saturated heterocycles. The topological polar surface area (TPSA) is 55.1 Å². The quantitative estimate of drug-likeness (QED) is 0.851. The van der Waals surface area contributed by atoms with Crippen LogP contribution >= 0.6 is 0 Å². The lowest BCUT2D eigenvalue weighted by Crippen LogP contribution is -2.17. The molecule has 0 radical (unpaired) electrons. The van der Waals surface area contributed by atoms with Gasteiger partial charge in [-0.3, -0.25) is 4.79 Å². The van der Waals surface area contributed by atoms with Crippen LogP contribution in [0, 0.1) is 17.6 Å². The Morgan fingerprint density at radius 3 is 2.57 bits per heavy atom. The molecule has 2 aromatic carbocycles. The SMILES string of the molecule is Nc1cc(F)cc(F)c1NC(=O)C1CC1c1ccccc1. The molecule has 3 N–H and O–H groups in total. The smallest absolute Gasteiger partial charge is 0.228 e. The highest BCUT2D eigenvalue weighted by Crippen LogP contribution is 2.48. The van der Waals surface area contributed by atoms with Crippen molar-refractivity contribution >= 4 is 17.3 Å². The minimum atomic E-state index is -0.863. The molecule has 0 bridgehead atoms. The van der Waals surface area contributed by atoms with E-state index in [1.807, 2.05) is 30.3 Å². The van der Waals surface area contributed by atoms with Crippen molar-refractivity contribution in [3.8, 4) is 0 Å². The standard InChI is InChI=1S/C16H14F2N2O/c17-10-6-13(18)15(14(19)7-10)20-16(21)12-8-11(12)9-4-2-1-3-5-9/h1-7,11-12H,8,19H2,(H,20,21). The lowest BCUT2D eigenvalue weighted by molar-refractivity contribution is -0.117. The van der Waals surface area contributed by atoms with Gasteiger partial charge in [0.25, 0.3) is 0 Å². The number of hydrogen-bond donors (Lipinski definition) is 2. The van der Waals surface area contributed by atoms with Gasteiger partial charge in [0.15, 0.2) is 5.82 Å². The van der Waals surface area contributed by atoms with Crippen LogP contribution < -0.4 is 11.1 Å². The van der Waals surface area contributed by atoms with E-state index >= 15 is 0 Å². The van der Waals surface area contributed by atoms with Gasteiger partial charge >= 0.3 is 0 Å². The van der Waals surface area contributed by atoms with E-state index in [1.54, 1.807) is 0 Å². The van der Waals surface area contributed by atoms with Gasteiger partial charge in [-0.25, -0.2) is 8.78 Å². The number of carbonyl (C=O) groups excluding carboxylic acids is 1. The first-order valence-corrected chi connectivity index (χ1v) is 6.66. The summed E-state index contributed by atoms with van der Waals surface area (Å²) in [7, 11) is 0. The van der Waals surface area contributed by atoms with Gasteiger partial charge in [-0.1, -0.05) is 30.3 Å². The van der Waals surface area contributed by atoms with Crippen LogP contribution in [0.3, 0.4) is 0 Å². The lowest BCUT2D eigenvalue weighted by atomic mass is 10.1. The molecule has 2 aromatic rings. The summed E-state index contributed by atoms with van der Waals surface area (Å²) in [4.78, 5) is 12.1. The molecule has 0 aromatic heterocycles. The van der Waals surface area contributed by atoms with Crippen LogP contribution in [-0.2, 0) is 4.79 Å². The van der Waals surface area contributed by atoms with E-state index in [2.05, 4.69) is 5.32 Å². The second-order valence-corrected chi connectivity index (χ2v) is 5.20. The highest BCUT2D eigenvalue weighted by atomic mass is 19.1. The number of rotatable bonds is 3. The van der Waals surface area contributed by atoms with Crippen LogP contribution in [-0.4, -0.2) is 5.91 Å². The Morgan fingerprint density at radius 2 is 1.90 bits per heavy atom. The Balaban J connectivity index is 1.72. The number of nitrogens with one attached hydrogen (secondary N) is 1. The van der Waals surface area contributed by atoms with Gasteiger partial charge in [0, 0.05) is 12.0 Å². The Labute approximate surface area is 120 Å². The summed E-state index contributed by atoms with van der Waals surface area (Å²) in [6.07, 6.45) is 0.721. The minimum Gasteiger partial charge on any atom is -0.397 e. The maximum atomic E-state index is 13.6. The van der Waals surface area contributed by atoms with E-state index in [1.165, 1.54) is 0 Å². The fraction of sp³-hybridized carbons (Fsp3) is 0.188. The normalized spacial score (nSPS) is 20.1. The van der Waals surface area contributed by atoms with Gasteiger partial charge in [-0.2, -0.15) is 0 Å². The number of hydrogen-bond acceptors (Lipinski definition) is 2. The summed E-state index contributed by atoms with van der Waals surface area (Å²) in [6, 6.07) is 11.4. The Morgan fingerprint density at radius 1 is 1.19 bits per heavy atom. The van der Waals surface area contributed by atoms with E-state index in [0.717, 1.165) is 18.1 Å². The zero-order valence-electron chi connectivity index (χ0n) is 11.1. The summed E-state index contributed by atoms with van der Waals surface area (Å²) in [5.41, 5.74) is 6.36. The van der Waals surface area contributed by atoms with Gasteiger partial charge in [0.05, 0.1) is 5.69 Å². The molecule has 21 heavy (non-hydrogen) atoms. The molecule has 3 rings (SSSR count). The molecule has 108 valence electrons. The largest absolute Gasteiger partial charge is 0.397 e. The van der Waals surface area contributed by atoms with Gasteiger partial charge in [0.1, 0.15) is 11.5 Å². The molecule has 1 aliphatic carbocycles. The van der Waals surface area contributed by atoms with Gasteiger partial charge in [0.2, 0.25) is 5.91 Å².